The molecule has 1 N–H and O–H groups in total. The van der Waals surface area contributed by atoms with Gasteiger partial charge < -0.3 is 5.32 Å². The minimum Gasteiger partial charge on any atom is -0.322 e. The van der Waals surface area contributed by atoms with Gasteiger partial charge in [0.15, 0.2) is 0 Å². The van der Waals surface area contributed by atoms with E-state index in [1.54, 1.807) is 0 Å². The second-order valence-electron chi connectivity index (χ2n) is 5.04. The lowest BCUT2D eigenvalue weighted by molar-refractivity contribution is -0.137. The number of hydrogen-bond donors (Lipinski definition) is 1. The van der Waals surface area contributed by atoms with Crippen LogP contribution in [0.5, 0.6) is 0 Å². The predicted molar refractivity (Wildman–Crippen MR) is 83.0 cm³/mol. The van der Waals surface area contributed by atoms with Crippen LogP contribution >= 0.6 is 0 Å². The van der Waals surface area contributed by atoms with Gasteiger partial charge in [-0.2, -0.15) is 18.3 Å². The highest BCUT2D eigenvalue weighted by Crippen LogP contribution is 2.30. The molecule has 0 atom stereocenters. The van der Waals surface area contributed by atoms with Crippen LogP contribution in [-0.2, 0) is 6.18 Å². The molecule has 0 aliphatic rings. The van der Waals surface area contributed by atoms with Crippen LogP contribution in [0.15, 0.2) is 67.0 Å². The van der Waals surface area contributed by atoms with E-state index in [1.165, 1.54) is 29.2 Å². The van der Waals surface area contributed by atoms with Gasteiger partial charge in [0, 0.05) is 11.9 Å². The van der Waals surface area contributed by atoms with Crippen LogP contribution in [0.4, 0.5) is 18.9 Å². The van der Waals surface area contributed by atoms with Crippen molar-refractivity contribution in [3.05, 3.63) is 78.1 Å². The Morgan fingerprint density at radius 1 is 1.04 bits per heavy atom. The molecule has 0 saturated carbocycles. The average molecular weight is 331 g/mol. The Hall–Kier alpha value is -3.09. The van der Waals surface area contributed by atoms with E-state index in [0.717, 1.165) is 17.8 Å². The molecule has 0 aliphatic heterocycles. The summed E-state index contributed by atoms with van der Waals surface area (Å²) in [4.78, 5) is 12.2. The van der Waals surface area contributed by atoms with E-state index in [0.29, 0.717) is 0 Å². The molecule has 0 aliphatic carbocycles. The number of rotatable bonds is 3. The van der Waals surface area contributed by atoms with Crippen LogP contribution in [0, 0.1) is 0 Å². The Bertz CT molecular complexity index is 857. The number of benzene rings is 2. The molecule has 2 aromatic carbocycles. The number of amides is 1. The summed E-state index contributed by atoms with van der Waals surface area (Å²) < 4.78 is 39.6. The number of nitrogens with one attached hydrogen (secondary N) is 1. The minimum atomic E-state index is -4.46. The van der Waals surface area contributed by atoms with Gasteiger partial charge in [0.25, 0.3) is 5.91 Å². The summed E-state index contributed by atoms with van der Waals surface area (Å²) in [6.07, 6.45) is -1.59. The van der Waals surface area contributed by atoms with Crippen molar-refractivity contribution in [3.63, 3.8) is 0 Å². The molecular formula is C17H12F3N3O. The van der Waals surface area contributed by atoms with Gasteiger partial charge in [0.1, 0.15) is 0 Å². The lowest BCUT2D eigenvalue weighted by Crippen LogP contribution is -2.12. The van der Waals surface area contributed by atoms with Gasteiger partial charge in [0.2, 0.25) is 0 Å². The Labute approximate surface area is 135 Å². The number of aromatic nitrogens is 2. The number of carbonyl (C=O) groups is 1. The average Bonchev–Trinajstić information content (AvgIpc) is 3.05. The van der Waals surface area contributed by atoms with Gasteiger partial charge in [-0.15, -0.1) is 0 Å². The zero-order chi connectivity index (χ0) is 17.2. The molecule has 3 aromatic rings. The molecule has 0 fully saturated rings. The molecule has 0 radical (unpaired) electrons. The van der Waals surface area contributed by atoms with E-state index in [4.69, 9.17) is 0 Å². The molecule has 24 heavy (non-hydrogen) atoms. The Balaban J connectivity index is 1.78. The molecule has 1 aromatic heterocycles. The number of alkyl halides is 3. The predicted octanol–water partition coefficient (Wildman–Crippen LogP) is 4.14. The lowest BCUT2D eigenvalue weighted by atomic mass is 10.2. The SMILES string of the molecule is O=C(Nc1cccc(C(F)(F)F)c1)c1cnn(-c2ccccc2)c1. The zero-order valence-electron chi connectivity index (χ0n) is 12.3. The number of carbonyl (C=O) groups excluding carboxylic acids is 1. The van der Waals surface area contributed by atoms with Crippen LogP contribution < -0.4 is 5.32 Å². The fourth-order valence-electron chi connectivity index (χ4n) is 2.14. The van der Waals surface area contributed by atoms with E-state index in [-0.39, 0.29) is 11.3 Å². The third kappa shape index (κ3) is 3.45. The number of hydrogen-bond acceptors (Lipinski definition) is 2. The van der Waals surface area contributed by atoms with Crippen LogP contribution in [0.25, 0.3) is 5.69 Å². The summed E-state index contributed by atoms with van der Waals surface area (Å²) in [7, 11) is 0. The van der Waals surface area contributed by atoms with Crippen molar-refractivity contribution in [2.45, 2.75) is 6.18 Å². The minimum absolute atomic E-state index is 0.0716. The fourth-order valence-corrected chi connectivity index (χ4v) is 2.14. The third-order valence-corrected chi connectivity index (χ3v) is 3.31. The van der Waals surface area contributed by atoms with Crippen LogP contribution in [-0.4, -0.2) is 15.7 Å². The van der Waals surface area contributed by atoms with Crippen molar-refractivity contribution >= 4 is 11.6 Å². The van der Waals surface area contributed by atoms with Gasteiger partial charge in [-0.3, -0.25) is 4.79 Å². The number of para-hydroxylation sites is 1. The summed E-state index contributed by atoms with van der Waals surface area (Å²) in [6.45, 7) is 0. The number of nitrogens with zero attached hydrogens (tertiary/aromatic N) is 2. The highest BCUT2D eigenvalue weighted by atomic mass is 19.4. The smallest absolute Gasteiger partial charge is 0.322 e. The van der Waals surface area contributed by atoms with Crippen molar-refractivity contribution in [3.8, 4) is 5.69 Å². The summed E-state index contributed by atoms with van der Waals surface area (Å²) in [5.41, 5.74) is 0.273. The maximum absolute atomic E-state index is 12.7. The Morgan fingerprint density at radius 2 is 1.79 bits per heavy atom. The molecule has 1 heterocycles. The van der Waals surface area contributed by atoms with Crippen molar-refractivity contribution < 1.29 is 18.0 Å². The second kappa shape index (κ2) is 6.19. The van der Waals surface area contributed by atoms with Crippen molar-refractivity contribution in [2.24, 2.45) is 0 Å². The van der Waals surface area contributed by atoms with Crippen LogP contribution in [0.2, 0.25) is 0 Å². The van der Waals surface area contributed by atoms with E-state index >= 15 is 0 Å². The highest BCUT2D eigenvalue weighted by Gasteiger charge is 2.30. The molecule has 0 spiro atoms. The molecule has 7 heteroatoms. The Morgan fingerprint density at radius 3 is 2.50 bits per heavy atom. The Kier molecular flexibility index (Phi) is 4.07. The fraction of sp³-hybridized carbons (Fsp3) is 0.0588. The van der Waals surface area contributed by atoms with E-state index in [9.17, 15) is 18.0 Å². The first-order chi connectivity index (χ1) is 11.4. The molecule has 122 valence electrons. The monoisotopic (exact) mass is 331 g/mol. The molecule has 3 rings (SSSR count). The second-order valence-corrected chi connectivity index (χ2v) is 5.04. The number of halogens is 3. The van der Waals surface area contributed by atoms with Gasteiger partial charge in [0.05, 0.1) is 23.0 Å². The molecule has 0 unspecified atom stereocenters. The first-order valence-electron chi connectivity index (χ1n) is 7.02. The van der Waals surface area contributed by atoms with Crippen molar-refractivity contribution in [1.29, 1.82) is 0 Å². The maximum Gasteiger partial charge on any atom is 0.416 e. The summed E-state index contributed by atoms with van der Waals surface area (Å²) in [5, 5.41) is 6.53. The maximum atomic E-state index is 12.7. The summed E-state index contributed by atoms with van der Waals surface area (Å²) in [5.74, 6) is -0.531. The first-order valence-corrected chi connectivity index (χ1v) is 7.02. The highest BCUT2D eigenvalue weighted by molar-refractivity contribution is 6.04. The van der Waals surface area contributed by atoms with Crippen LogP contribution in [0.1, 0.15) is 15.9 Å². The van der Waals surface area contributed by atoms with E-state index in [1.807, 2.05) is 30.3 Å². The van der Waals surface area contributed by atoms with E-state index in [2.05, 4.69) is 10.4 Å². The first kappa shape index (κ1) is 15.8. The van der Waals surface area contributed by atoms with Crippen molar-refractivity contribution in [2.75, 3.05) is 5.32 Å². The van der Waals surface area contributed by atoms with E-state index < -0.39 is 17.6 Å². The zero-order valence-corrected chi connectivity index (χ0v) is 12.3. The summed E-state index contributed by atoms with van der Waals surface area (Å²) >= 11 is 0. The van der Waals surface area contributed by atoms with Crippen LogP contribution in [0.3, 0.4) is 0 Å². The lowest BCUT2D eigenvalue weighted by Gasteiger charge is -2.09. The third-order valence-electron chi connectivity index (χ3n) is 3.31. The van der Waals surface area contributed by atoms with Crippen molar-refractivity contribution in [1.82, 2.24) is 9.78 Å². The number of anilines is 1. The standard InChI is InChI=1S/C17H12F3N3O/c18-17(19,20)13-5-4-6-14(9-13)22-16(24)12-10-21-23(11-12)15-7-2-1-3-8-15/h1-11H,(H,22,24). The van der Waals surface area contributed by atoms with Gasteiger partial charge >= 0.3 is 6.18 Å². The quantitative estimate of drug-likeness (QED) is 0.784. The molecule has 0 saturated heterocycles. The summed E-state index contributed by atoms with van der Waals surface area (Å²) in [6, 6.07) is 13.6. The topological polar surface area (TPSA) is 46.9 Å². The molecule has 4 nitrogen and oxygen atoms in total. The van der Waals surface area contributed by atoms with Gasteiger partial charge in [-0.05, 0) is 30.3 Å². The molecular weight excluding hydrogens is 319 g/mol. The van der Waals surface area contributed by atoms with Gasteiger partial charge in [-0.25, -0.2) is 4.68 Å². The molecule has 0 bridgehead atoms. The van der Waals surface area contributed by atoms with Gasteiger partial charge in [-0.1, -0.05) is 24.3 Å². The molecule has 1 amide bonds. The largest absolute Gasteiger partial charge is 0.416 e. The normalized spacial score (nSPS) is 11.3.